The molecule has 3 rings (SSSR count). The number of aryl methyl sites for hydroxylation is 2. The molecule has 2 aliphatic heterocycles. The molecule has 0 aliphatic carbocycles. The minimum atomic E-state index is 0.666. The van der Waals surface area contributed by atoms with E-state index in [0.717, 1.165) is 30.3 Å². The van der Waals surface area contributed by atoms with Crippen molar-refractivity contribution >= 4 is 5.95 Å². The molecule has 2 aliphatic rings. The SMILES string of the molecule is CCCN(c1nc(C)cn1C)C1CC2CCC(C1)N2. The van der Waals surface area contributed by atoms with Gasteiger partial charge in [0.15, 0.2) is 0 Å². The molecule has 2 fully saturated rings. The summed E-state index contributed by atoms with van der Waals surface area (Å²) in [6, 6.07) is 2.15. The van der Waals surface area contributed by atoms with Crippen molar-refractivity contribution in [2.45, 2.75) is 64.1 Å². The minimum absolute atomic E-state index is 0.666. The van der Waals surface area contributed by atoms with Crippen LogP contribution in [0.3, 0.4) is 0 Å². The van der Waals surface area contributed by atoms with E-state index in [9.17, 15) is 0 Å². The normalized spacial score (nSPS) is 29.7. The van der Waals surface area contributed by atoms with Gasteiger partial charge in [-0.05, 0) is 39.0 Å². The van der Waals surface area contributed by atoms with E-state index in [1.54, 1.807) is 0 Å². The summed E-state index contributed by atoms with van der Waals surface area (Å²) in [4.78, 5) is 7.30. The fourth-order valence-electron chi connectivity index (χ4n) is 3.84. The lowest BCUT2D eigenvalue weighted by atomic mass is 9.98. The molecule has 2 atom stereocenters. The Kier molecular flexibility index (Phi) is 3.52. The standard InChI is InChI=1S/C15H26N4/c1-4-7-19(15-16-11(2)10-18(15)3)14-8-12-5-6-13(9-14)17-12/h10,12-14,17H,4-9H2,1-3H3. The van der Waals surface area contributed by atoms with Crippen LogP contribution in [0.2, 0.25) is 0 Å². The third-order valence-electron chi connectivity index (χ3n) is 4.58. The van der Waals surface area contributed by atoms with Crippen LogP contribution in [0.5, 0.6) is 0 Å². The lowest BCUT2D eigenvalue weighted by Gasteiger charge is -2.38. The average Bonchev–Trinajstić information content (AvgIpc) is 2.88. The molecular formula is C15H26N4. The van der Waals surface area contributed by atoms with Crippen LogP contribution in [0, 0.1) is 6.92 Å². The van der Waals surface area contributed by atoms with Crippen LogP contribution >= 0.6 is 0 Å². The summed E-state index contributed by atoms with van der Waals surface area (Å²) in [5.41, 5.74) is 1.12. The molecule has 2 unspecified atom stereocenters. The zero-order valence-electron chi connectivity index (χ0n) is 12.4. The van der Waals surface area contributed by atoms with Crippen molar-refractivity contribution in [3.05, 3.63) is 11.9 Å². The highest BCUT2D eigenvalue weighted by Gasteiger charge is 2.36. The molecule has 0 aromatic carbocycles. The third-order valence-corrected chi connectivity index (χ3v) is 4.58. The molecule has 106 valence electrons. The van der Waals surface area contributed by atoms with Crippen LogP contribution in [0.4, 0.5) is 5.95 Å². The van der Waals surface area contributed by atoms with Crippen LogP contribution in [-0.4, -0.2) is 34.2 Å². The predicted molar refractivity (Wildman–Crippen MR) is 78.5 cm³/mol. The van der Waals surface area contributed by atoms with Gasteiger partial charge in [0.25, 0.3) is 0 Å². The van der Waals surface area contributed by atoms with Gasteiger partial charge in [-0.25, -0.2) is 4.98 Å². The maximum atomic E-state index is 4.74. The first-order valence-corrected chi connectivity index (χ1v) is 7.70. The molecule has 0 spiro atoms. The monoisotopic (exact) mass is 262 g/mol. The first kappa shape index (κ1) is 13.0. The Morgan fingerprint density at radius 1 is 1.37 bits per heavy atom. The molecule has 1 N–H and O–H groups in total. The maximum Gasteiger partial charge on any atom is 0.205 e. The molecule has 1 aromatic rings. The second-order valence-corrected chi connectivity index (χ2v) is 6.25. The van der Waals surface area contributed by atoms with Crippen molar-refractivity contribution < 1.29 is 0 Å². The predicted octanol–water partition coefficient (Wildman–Crippen LogP) is 2.23. The van der Waals surface area contributed by atoms with Gasteiger partial charge in [-0.2, -0.15) is 0 Å². The molecule has 0 radical (unpaired) electrons. The van der Waals surface area contributed by atoms with E-state index in [-0.39, 0.29) is 0 Å². The van der Waals surface area contributed by atoms with Gasteiger partial charge in [-0.15, -0.1) is 0 Å². The molecule has 0 amide bonds. The van der Waals surface area contributed by atoms with Crippen LogP contribution in [0.25, 0.3) is 0 Å². The Balaban J connectivity index is 1.82. The van der Waals surface area contributed by atoms with Crippen molar-refractivity contribution in [2.24, 2.45) is 7.05 Å². The molecule has 4 nitrogen and oxygen atoms in total. The Morgan fingerprint density at radius 2 is 2.05 bits per heavy atom. The van der Waals surface area contributed by atoms with E-state index in [4.69, 9.17) is 4.98 Å². The van der Waals surface area contributed by atoms with E-state index in [2.05, 4.69) is 41.9 Å². The Hall–Kier alpha value is -1.03. The zero-order chi connectivity index (χ0) is 13.4. The van der Waals surface area contributed by atoms with Gasteiger partial charge in [0.05, 0.1) is 5.69 Å². The van der Waals surface area contributed by atoms with Crippen molar-refractivity contribution in [1.82, 2.24) is 14.9 Å². The molecular weight excluding hydrogens is 236 g/mol. The van der Waals surface area contributed by atoms with E-state index in [1.165, 1.54) is 32.1 Å². The summed E-state index contributed by atoms with van der Waals surface area (Å²) in [5.74, 6) is 1.16. The first-order valence-electron chi connectivity index (χ1n) is 7.70. The fraction of sp³-hybridized carbons (Fsp3) is 0.800. The zero-order valence-corrected chi connectivity index (χ0v) is 12.4. The number of hydrogen-bond donors (Lipinski definition) is 1. The van der Waals surface area contributed by atoms with Crippen molar-refractivity contribution in [1.29, 1.82) is 0 Å². The van der Waals surface area contributed by atoms with Crippen molar-refractivity contribution in [3.8, 4) is 0 Å². The minimum Gasteiger partial charge on any atom is -0.339 e. The average molecular weight is 262 g/mol. The van der Waals surface area contributed by atoms with E-state index >= 15 is 0 Å². The van der Waals surface area contributed by atoms with Gasteiger partial charge in [0, 0.05) is 37.9 Å². The number of hydrogen-bond acceptors (Lipinski definition) is 3. The molecule has 2 bridgehead atoms. The highest BCUT2D eigenvalue weighted by Crippen LogP contribution is 2.31. The quantitative estimate of drug-likeness (QED) is 0.903. The van der Waals surface area contributed by atoms with Crippen molar-refractivity contribution in [2.75, 3.05) is 11.4 Å². The third kappa shape index (κ3) is 2.50. The van der Waals surface area contributed by atoms with Gasteiger partial charge in [0.1, 0.15) is 0 Å². The molecule has 3 heterocycles. The maximum absolute atomic E-state index is 4.74. The fourth-order valence-corrected chi connectivity index (χ4v) is 3.84. The lowest BCUT2D eigenvalue weighted by molar-refractivity contribution is 0.343. The highest BCUT2D eigenvalue weighted by molar-refractivity contribution is 5.35. The molecule has 2 saturated heterocycles. The largest absolute Gasteiger partial charge is 0.339 e. The van der Waals surface area contributed by atoms with Gasteiger partial charge in [-0.1, -0.05) is 6.92 Å². The first-order chi connectivity index (χ1) is 9.17. The topological polar surface area (TPSA) is 33.1 Å². The van der Waals surface area contributed by atoms with E-state index in [1.807, 2.05) is 0 Å². The second kappa shape index (κ2) is 5.16. The van der Waals surface area contributed by atoms with Crippen LogP contribution in [-0.2, 0) is 7.05 Å². The summed E-state index contributed by atoms with van der Waals surface area (Å²) >= 11 is 0. The summed E-state index contributed by atoms with van der Waals surface area (Å²) in [6.07, 6.45) is 8.60. The number of fused-ring (bicyclic) bond motifs is 2. The Morgan fingerprint density at radius 3 is 2.58 bits per heavy atom. The number of anilines is 1. The molecule has 19 heavy (non-hydrogen) atoms. The summed E-state index contributed by atoms with van der Waals surface area (Å²) in [7, 11) is 2.12. The molecule has 0 saturated carbocycles. The summed E-state index contributed by atoms with van der Waals surface area (Å²) < 4.78 is 2.19. The van der Waals surface area contributed by atoms with Crippen LogP contribution in [0.1, 0.15) is 44.7 Å². The van der Waals surface area contributed by atoms with Gasteiger partial charge in [-0.3, -0.25) is 0 Å². The Bertz CT molecular complexity index is 427. The number of aromatic nitrogens is 2. The molecule has 1 aromatic heterocycles. The van der Waals surface area contributed by atoms with Crippen molar-refractivity contribution in [3.63, 3.8) is 0 Å². The lowest BCUT2D eigenvalue weighted by Crippen LogP contribution is -2.49. The van der Waals surface area contributed by atoms with Gasteiger partial charge < -0.3 is 14.8 Å². The van der Waals surface area contributed by atoms with E-state index in [0.29, 0.717) is 6.04 Å². The number of imidazole rings is 1. The number of nitrogens with zero attached hydrogens (tertiary/aromatic N) is 3. The van der Waals surface area contributed by atoms with Gasteiger partial charge >= 0.3 is 0 Å². The van der Waals surface area contributed by atoms with Crippen LogP contribution in [0.15, 0.2) is 6.20 Å². The summed E-state index contributed by atoms with van der Waals surface area (Å²) in [5, 5.41) is 3.73. The number of rotatable bonds is 4. The van der Waals surface area contributed by atoms with Gasteiger partial charge in [0.2, 0.25) is 5.95 Å². The molecule has 4 heteroatoms. The number of nitrogens with one attached hydrogen (secondary N) is 1. The summed E-state index contributed by atoms with van der Waals surface area (Å²) in [6.45, 7) is 5.46. The number of piperidine rings is 1. The highest BCUT2D eigenvalue weighted by atomic mass is 15.3. The smallest absolute Gasteiger partial charge is 0.205 e. The second-order valence-electron chi connectivity index (χ2n) is 6.25. The van der Waals surface area contributed by atoms with E-state index < -0.39 is 0 Å². The Labute approximate surface area is 116 Å². The van der Waals surface area contributed by atoms with Crippen LogP contribution < -0.4 is 10.2 Å².